The fourth-order valence-corrected chi connectivity index (χ4v) is 6.66. The van der Waals surface area contributed by atoms with Crippen LogP contribution in [0.15, 0.2) is 24.3 Å². The first-order valence-electron chi connectivity index (χ1n) is 11.2. The maximum absolute atomic E-state index is 11.9. The number of aromatic nitrogens is 2. The topological polar surface area (TPSA) is 76.5 Å². The SMILES string of the molecule is COc1cccc([C@@H](CNCc2c(C)nn([C@H]3CCS(=O)(=O)C3)c2C)N2CCCC2)c1. The second-order valence-corrected chi connectivity index (χ2v) is 11.0. The van der Waals surface area contributed by atoms with E-state index in [2.05, 4.69) is 35.3 Å². The van der Waals surface area contributed by atoms with E-state index in [1.165, 1.54) is 24.0 Å². The minimum absolute atomic E-state index is 0.0356. The molecule has 7 nitrogen and oxygen atoms in total. The molecule has 1 N–H and O–H groups in total. The van der Waals surface area contributed by atoms with Gasteiger partial charge in [-0.1, -0.05) is 12.1 Å². The molecule has 0 unspecified atom stereocenters. The van der Waals surface area contributed by atoms with Crippen LogP contribution in [0.4, 0.5) is 0 Å². The Morgan fingerprint density at radius 2 is 2.03 bits per heavy atom. The molecule has 2 atom stereocenters. The van der Waals surface area contributed by atoms with E-state index in [4.69, 9.17) is 9.84 Å². The monoisotopic (exact) mass is 446 g/mol. The average Bonchev–Trinajstić information content (AvgIpc) is 3.46. The highest BCUT2D eigenvalue weighted by atomic mass is 32.2. The number of hydrogen-bond donors (Lipinski definition) is 1. The molecule has 0 amide bonds. The first-order valence-corrected chi connectivity index (χ1v) is 13.0. The summed E-state index contributed by atoms with van der Waals surface area (Å²) in [4.78, 5) is 2.55. The quantitative estimate of drug-likeness (QED) is 0.672. The minimum Gasteiger partial charge on any atom is -0.497 e. The summed E-state index contributed by atoms with van der Waals surface area (Å²) in [7, 11) is -1.22. The van der Waals surface area contributed by atoms with Crippen molar-refractivity contribution >= 4 is 9.84 Å². The Kier molecular flexibility index (Phi) is 6.69. The summed E-state index contributed by atoms with van der Waals surface area (Å²) in [6.45, 7) is 7.89. The number of benzene rings is 1. The lowest BCUT2D eigenvalue weighted by Crippen LogP contribution is -2.34. The number of methoxy groups -OCH3 is 1. The summed E-state index contributed by atoms with van der Waals surface area (Å²) >= 11 is 0. The number of nitrogens with zero attached hydrogens (tertiary/aromatic N) is 3. The predicted molar refractivity (Wildman–Crippen MR) is 122 cm³/mol. The van der Waals surface area contributed by atoms with E-state index in [0.29, 0.717) is 12.5 Å². The third-order valence-corrected chi connectivity index (χ3v) is 8.48. The molecule has 31 heavy (non-hydrogen) atoms. The highest BCUT2D eigenvalue weighted by molar-refractivity contribution is 7.91. The predicted octanol–water partition coefficient (Wildman–Crippen LogP) is 2.79. The van der Waals surface area contributed by atoms with Crippen LogP contribution in [0, 0.1) is 13.8 Å². The summed E-state index contributed by atoms with van der Waals surface area (Å²) < 4.78 is 31.2. The van der Waals surface area contributed by atoms with Crippen molar-refractivity contribution in [3.05, 3.63) is 46.8 Å². The molecule has 3 heterocycles. The molecule has 2 aliphatic rings. The largest absolute Gasteiger partial charge is 0.497 e. The van der Waals surface area contributed by atoms with Crippen molar-refractivity contribution in [1.82, 2.24) is 20.0 Å². The molecule has 8 heteroatoms. The highest BCUT2D eigenvalue weighted by Gasteiger charge is 2.31. The van der Waals surface area contributed by atoms with E-state index in [0.717, 1.165) is 43.3 Å². The number of aryl methyl sites for hydroxylation is 1. The normalized spacial score (nSPS) is 22.1. The molecular formula is C23H34N4O3S. The first-order chi connectivity index (χ1) is 14.9. The van der Waals surface area contributed by atoms with Gasteiger partial charge in [-0.25, -0.2) is 8.42 Å². The maximum Gasteiger partial charge on any atom is 0.152 e. The lowest BCUT2D eigenvalue weighted by molar-refractivity contribution is 0.237. The molecule has 2 fully saturated rings. The van der Waals surface area contributed by atoms with Crippen molar-refractivity contribution in [1.29, 1.82) is 0 Å². The number of ether oxygens (including phenoxy) is 1. The fourth-order valence-electron chi connectivity index (χ4n) is 4.97. The molecule has 0 spiro atoms. The van der Waals surface area contributed by atoms with Crippen LogP contribution in [0.2, 0.25) is 0 Å². The van der Waals surface area contributed by atoms with Crippen molar-refractivity contribution < 1.29 is 13.2 Å². The van der Waals surface area contributed by atoms with Crippen molar-refractivity contribution in [3.63, 3.8) is 0 Å². The Balaban J connectivity index is 1.46. The third-order valence-electron chi connectivity index (χ3n) is 6.73. The Morgan fingerprint density at radius 1 is 1.26 bits per heavy atom. The summed E-state index contributed by atoms with van der Waals surface area (Å²) in [5.41, 5.74) is 4.50. The summed E-state index contributed by atoms with van der Waals surface area (Å²) in [6.07, 6.45) is 3.15. The van der Waals surface area contributed by atoms with Gasteiger partial charge in [0.1, 0.15) is 5.75 Å². The van der Waals surface area contributed by atoms with Gasteiger partial charge in [-0.15, -0.1) is 0 Å². The molecule has 2 aromatic rings. The lowest BCUT2D eigenvalue weighted by Gasteiger charge is -2.28. The van der Waals surface area contributed by atoms with Crippen LogP contribution in [0.1, 0.15) is 53.9 Å². The average molecular weight is 447 g/mol. The Hall–Kier alpha value is -1.90. The molecule has 1 aromatic carbocycles. The smallest absolute Gasteiger partial charge is 0.152 e. The molecular weight excluding hydrogens is 412 g/mol. The van der Waals surface area contributed by atoms with Gasteiger partial charge in [0, 0.05) is 30.4 Å². The van der Waals surface area contributed by atoms with Gasteiger partial charge in [0.05, 0.1) is 30.4 Å². The van der Waals surface area contributed by atoms with Crippen LogP contribution in [-0.2, 0) is 16.4 Å². The molecule has 0 radical (unpaired) electrons. The van der Waals surface area contributed by atoms with Gasteiger partial charge in [-0.3, -0.25) is 9.58 Å². The zero-order valence-electron chi connectivity index (χ0n) is 18.8. The van der Waals surface area contributed by atoms with Gasteiger partial charge in [-0.05, 0) is 63.9 Å². The number of nitrogens with one attached hydrogen (secondary N) is 1. The van der Waals surface area contributed by atoms with Gasteiger partial charge in [-0.2, -0.15) is 5.10 Å². The molecule has 0 saturated carbocycles. The van der Waals surface area contributed by atoms with Gasteiger partial charge in [0.2, 0.25) is 0 Å². The van der Waals surface area contributed by atoms with Crippen molar-refractivity contribution in [2.75, 3.05) is 38.2 Å². The molecule has 170 valence electrons. The van der Waals surface area contributed by atoms with E-state index in [9.17, 15) is 8.42 Å². The van der Waals surface area contributed by atoms with Crippen LogP contribution in [0.5, 0.6) is 5.75 Å². The van der Waals surface area contributed by atoms with Crippen molar-refractivity contribution in [2.24, 2.45) is 0 Å². The Labute approximate surface area is 185 Å². The number of sulfone groups is 1. The zero-order valence-corrected chi connectivity index (χ0v) is 19.6. The Morgan fingerprint density at radius 3 is 2.71 bits per heavy atom. The van der Waals surface area contributed by atoms with Gasteiger partial charge < -0.3 is 10.1 Å². The first kappa shape index (κ1) is 22.3. The number of rotatable bonds is 8. The standard InChI is InChI=1S/C23H34N4O3S/c1-17-22(18(2)27(25-17)20-9-12-31(28,29)16-20)14-24-15-23(26-10-4-5-11-26)19-7-6-8-21(13-19)30-3/h6-8,13,20,23-24H,4-5,9-12,14-16H2,1-3H3/t20-,23+/m0/s1. The van der Waals surface area contributed by atoms with Crippen molar-refractivity contribution in [2.45, 2.75) is 51.7 Å². The number of likely N-dealkylation sites (tertiary alicyclic amines) is 1. The van der Waals surface area contributed by atoms with E-state index in [-0.39, 0.29) is 17.5 Å². The molecule has 0 aliphatic carbocycles. The molecule has 4 rings (SSSR count). The van der Waals surface area contributed by atoms with Crippen molar-refractivity contribution in [3.8, 4) is 5.75 Å². The van der Waals surface area contributed by atoms with Crippen LogP contribution >= 0.6 is 0 Å². The van der Waals surface area contributed by atoms with Gasteiger partial charge in [0.15, 0.2) is 9.84 Å². The van der Waals surface area contributed by atoms with Gasteiger partial charge in [0.25, 0.3) is 0 Å². The molecule has 0 bridgehead atoms. The summed E-state index contributed by atoms with van der Waals surface area (Å²) in [6, 6.07) is 8.63. The lowest BCUT2D eigenvalue weighted by atomic mass is 10.0. The van der Waals surface area contributed by atoms with E-state index >= 15 is 0 Å². The van der Waals surface area contributed by atoms with Crippen LogP contribution < -0.4 is 10.1 Å². The molecule has 2 saturated heterocycles. The van der Waals surface area contributed by atoms with Gasteiger partial charge >= 0.3 is 0 Å². The second kappa shape index (κ2) is 9.30. The fraction of sp³-hybridized carbons (Fsp3) is 0.609. The summed E-state index contributed by atoms with van der Waals surface area (Å²) in [5, 5.41) is 8.36. The maximum atomic E-state index is 11.9. The number of hydrogen-bond acceptors (Lipinski definition) is 6. The highest BCUT2D eigenvalue weighted by Crippen LogP contribution is 2.29. The van der Waals surface area contributed by atoms with Crippen LogP contribution in [0.25, 0.3) is 0 Å². The van der Waals surface area contributed by atoms with E-state index in [1.807, 2.05) is 17.7 Å². The Bertz CT molecular complexity index is 1010. The van der Waals surface area contributed by atoms with Crippen LogP contribution in [0.3, 0.4) is 0 Å². The summed E-state index contributed by atoms with van der Waals surface area (Å²) in [5.74, 6) is 1.36. The minimum atomic E-state index is -2.93. The molecule has 2 aliphatic heterocycles. The zero-order chi connectivity index (χ0) is 22.0. The second-order valence-electron chi connectivity index (χ2n) is 8.82. The molecule has 1 aromatic heterocycles. The van der Waals surface area contributed by atoms with E-state index in [1.54, 1.807) is 7.11 Å². The van der Waals surface area contributed by atoms with E-state index < -0.39 is 9.84 Å². The third kappa shape index (κ3) is 4.96. The van der Waals surface area contributed by atoms with Crippen LogP contribution in [-0.4, -0.2) is 61.3 Å².